The molecule has 1 aliphatic heterocycles. The molecule has 9 nitrogen and oxygen atoms in total. The van der Waals surface area contributed by atoms with E-state index in [4.69, 9.17) is 9.26 Å². The third-order valence-corrected chi connectivity index (χ3v) is 7.25. The minimum Gasteiger partial charge on any atom is -0.497 e. The molecule has 0 unspecified atom stereocenters. The van der Waals surface area contributed by atoms with Gasteiger partial charge < -0.3 is 19.5 Å². The van der Waals surface area contributed by atoms with Gasteiger partial charge in [-0.2, -0.15) is 0 Å². The molecule has 0 saturated carbocycles. The SMILES string of the molecule is COc1ccc(NS(=O)(=O)c2cc(NC(=O)Cc3c(C)noc3C)ccc2N2CCCC2)cc1. The van der Waals surface area contributed by atoms with Crippen molar-refractivity contribution in [2.24, 2.45) is 0 Å². The summed E-state index contributed by atoms with van der Waals surface area (Å²) in [6, 6.07) is 11.6. The van der Waals surface area contributed by atoms with Crippen molar-refractivity contribution in [3.63, 3.8) is 0 Å². The molecule has 1 aromatic heterocycles. The van der Waals surface area contributed by atoms with E-state index >= 15 is 0 Å². The van der Waals surface area contributed by atoms with Crippen LogP contribution < -0.4 is 19.7 Å². The zero-order valence-corrected chi connectivity index (χ0v) is 20.2. The fraction of sp³-hybridized carbons (Fsp3) is 0.333. The molecule has 0 bridgehead atoms. The quantitative estimate of drug-likeness (QED) is 0.499. The fourth-order valence-corrected chi connectivity index (χ4v) is 5.33. The van der Waals surface area contributed by atoms with Crippen LogP contribution in [0.3, 0.4) is 0 Å². The Hall–Kier alpha value is -3.53. The van der Waals surface area contributed by atoms with Gasteiger partial charge in [-0.05, 0) is 69.2 Å². The summed E-state index contributed by atoms with van der Waals surface area (Å²) in [6.45, 7) is 5.09. The predicted octanol–water partition coefficient (Wildman–Crippen LogP) is 3.88. The molecule has 10 heteroatoms. The van der Waals surface area contributed by atoms with Crippen LogP contribution in [0.1, 0.15) is 29.9 Å². The first-order valence-electron chi connectivity index (χ1n) is 11.0. The van der Waals surface area contributed by atoms with E-state index in [1.165, 1.54) is 6.07 Å². The molecule has 2 N–H and O–H groups in total. The van der Waals surface area contributed by atoms with E-state index in [0.717, 1.165) is 31.5 Å². The Morgan fingerprint density at radius 3 is 2.38 bits per heavy atom. The van der Waals surface area contributed by atoms with Gasteiger partial charge in [0.05, 0.1) is 24.9 Å². The van der Waals surface area contributed by atoms with Crippen LogP contribution in [-0.2, 0) is 21.2 Å². The third-order valence-electron chi connectivity index (χ3n) is 5.84. The molecule has 1 aliphatic rings. The Labute approximate surface area is 199 Å². The lowest BCUT2D eigenvalue weighted by Crippen LogP contribution is -2.23. The van der Waals surface area contributed by atoms with E-state index in [1.54, 1.807) is 57.4 Å². The predicted molar refractivity (Wildman–Crippen MR) is 130 cm³/mol. The molecule has 0 spiro atoms. The summed E-state index contributed by atoms with van der Waals surface area (Å²) in [7, 11) is -2.38. The number of sulfonamides is 1. The zero-order chi connectivity index (χ0) is 24.3. The number of carbonyl (C=O) groups excluding carboxylic acids is 1. The van der Waals surface area contributed by atoms with Crippen LogP contribution in [0.4, 0.5) is 17.1 Å². The molecule has 0 atom stereocenters. The average molecular weight is 485 g/mol. The Bertz CT molecular complexity index is 1260. The topological polar surface area (TPSA) is 114 Å². The Balaban J connectivity index is 1.62. The molecule has 0 radical (unpaired) electrons. The van der Waals surface area contributed by atoms with Crippen molar-refractivity contribution in [3.05, 3.63) is 59.5 Å². The number of rotatable bonds is 8. The standard InChI is InChI=1S/C24H28N4O5S/c1-16-21(17(2)33-26-16)15-24(29)25-19-8-11-22(28-12-4-5-13-28)23(14-19)34(30,31)27-18-6-9-20(32-3)10-7-18/h6-11,14,27H,4-5,12-13,15H2,1-3H3,(H,25,29). The number of hydrogen-bond donors (Lipinski definition) is 2. The first kappa shape index (κ1) is 23.6. The van der Waals surface area contributed by atoms with Crippen LogP contribution in [-0.4, -0.2) is 39.7 Å². The van der Waals surface area contributed by atoms with Crippen molar-refractivity contribution in [2.45, 2.75) is 38.0 Å². The lowest BCUT2D eigenvalue weighted by molar-refractivity contribution is -0.115. The summed E-state index contributed by atoms with van der Waals surface area (Å²) in [5.41, 5.74) is 2.81. The Morgan fingerprint density at radius 1 is 1.09 bits per heavy atom. The normalized spacial score (nSPS) is 13.7. The summed E-state index contributed by atoms with van der Waals surface area (Å²) in [4.78, 5) is 14.8. The van der Waals surface area contributed by atoms with Crippen molar-refractivity contribution >= 4 is 33.0 Å². The molecule has 180 valence electrons. The van der Waals surface area contributed by atoms with Gasteiger partial charge >= 0.3 is 0 Å². The van der Waals surface area contributed by atoms with Crippen molar-refractivity contribution in [2.75, 3.05) is 35.1 Å². The molecular formula is C24H28N4O5S. The van der Waals surface area contributed by atoms with Crippen LogP contribution in [0.5, 0.6) is 5.75 Å². The van der Waals surface area contributed by atoms with Gasteiger partial charge in [0.15, 0.2) is 0 Å². The van der Waals surface area contributed by atoms with Crippen LogP contribution in [0.15, 0.2) is 51.9 Å². The maximum absolute atomic E-state index is 13.4. The van der Waals surface area contributed by atoms with Gasteiger partial charge in [0.1, 0.15) is 16.4 Å². The molecule has 1 saturated heterocycles. The fourth-order valence-electron chi connectivity index (χ4n) is 4.02. The number of nitrogens with one attached hydrogen (secondary N) is 2. The number of aromatic nitrogens is 1. The van der Waals surface area contributed by atoms with Crippen molar-refractivity contribution in [3.8, 4) is 5.75 Å². The van der Waals surface area contributed by atoms with E-state index in [2.05, 4.69) is 20.1 Å². The number of methoxy groups -OCH3 is 1. The van der Waals surface area contributed by atoms with Crippen molar-refractivity contribution in [1.29, 1.82) is 0 Å². The smallest absolute Gasteiger partial charge is 0.264 e. The highest BCUT2D eigenvalue weighted by Gasteiger charge is 2.25. The first-order valence-corrected chi connectivity index (χ1v) is 12.5. The lowest BCUT2D eigenvalue weighted by Gasteiger charge is -2.22. The van der Waals surface area contributed by atoms with Crippen LogP contribution in [0.25, 0.3) is 0 Å². The minimum absolute atomic E-state index is 0.0845. The molecule has 2 aromatic carbocycles. The number of carbonyl (C=O) groups is 1. The zero-order valence-electron chi connectivity index (χ0n) is 19.4. The van der Waals surface area contributed by atoms with Crippen molar-refractivity contribution < 1.29 is 22.5 Å². The van der Waals surface area contributed by atoms with E-state index in [-0.39, 0.29) is 17.2 Å². The second-order valence-electron chi connectivity index (χ2n) is 8.24. The molecule has 4 rings (SSSR count). The van der Waals surface area contributed by atoms with E-state index in [9.17, 15) is 13.2 Å². The van der Waals surface area contributed by atoms with Gasteiger partial charge in [-0.1, -0.05) is 5.16 Å². The maximum atomic E-state index is 13.4. The number of amides is 1. The number of nitrogens with zero attached hydrogens (tertiary/aromatic N) is 2. The van der Waals surface area contributed by atoms with Gasteiger partial charge in [-0.15, -0.1) is 0 Å². The monoisotopic (exact) mass is 484 g/mol. The largest absolute Gasteiger partial charge is 0.497 e. The van der Waals surface area contributed by atoms with Gasteiger partial charge in [-0.3, -0.25) is 9.52 Å². The number of ether oxygens (including phenoxy) is 1. The van der Waals surface area contributed by atoms with Crippen LogP contribution in [0, 0.1) is 13.8 Å². The van der Waals surface area contributed by atoms with Crippen LogP contribution in [0.2, 0.25) is 0 Å². The van der Waals surface area contributed by atoms with Gasteiger partial charge in [0, 0.05) is 30.0 Å². The van der Waals surface area contributed by atoms with Crippen LogP contribution >= 0.6 is 0 Å². The van der Waals surface area contributed by atoms with E-state index < -0.39 is 10.0 Å². The molecule has 34 heavy (non-hydrogen) atoms. The van der Waals surface area contributed by atoms with Gasteiger partial charge in [0.2, 0.25) is 5.91 Å². The highest BCUT2D eigenvalue weighted by Crippen LogP contribution is 2.32. The van der Waals surface area contributed by atoms with E-state index in [0.29, 0.717) is 34.3 Å². The number of anilines is 3. The second-order valence-corrected chi connectivity index (χ2v) is 9.89. The molecular weight excluding hydrogens is 456 g/mol. The number of benzene rings is 2. The molecule has 1 amide bonds. The second kappa shape index (κ2) is 9.76. The highest BCUT2D eigenvalue weighted by molar-refractivity contribution is 7.92. The van der Waals surface area contributed by atoms with E-state index in [1.807, 2.05) is 0 Å². The summed E-state index contributed by atoms with van der Waals surface area (Å²) in [5.74, 6) is 0.933. The molecule has 2 heterocycles. The Kier molecular flexibility index (Phi) is 6.78. The number of aryl methyl sites for hydroxylation is 2. The third kappa shape index (κ3) is 5.17. The summed E-state index contributed by atoms with van der Waals surface area (Å²) in [6.07, 6.45) is 2.09. The summed E-state index contributed by atoms with van der Waals surface area (Å²) in [5, 5.41) is 6.68. The van der Waals surface area contributed by atoms with Crippen molar-refractivity contribution in [1.82, 2.24) is 5.16 Å². The van der Waals surface area contributed by atoms with Gasteiger partial charge in [-0.25, -0.2) is 8.42 Å². The molecule has 0 aliphatic carbocycles. The Morgan fingerprint density at radius 2 is 1.76 bits per heavy atom. The first-order chi connectivity index (χ1) is 16.3. The average Bonchev–Trinajstić information content (AvgIpc) is 3.45. The maximum Gasteiger partial charge on any atom is 0.264 e. The number of hydrogen-bond acceptors (Lipinski definition) is 7. The van der Waals surface area contributed by atoms with Gasteiger partial charge in [0.25, 0.3) is 10.0 Å². The minimum atomic E-state index is -3.93. The summed E-state index contributed by atoms with van der Waals surface area (Å²) >= 11 is 0. The lowest BCUT2D eigenvalue weighted by atomic mass is 10.1. The summed E-state index contributed by atoms with van der Waals surface area (Å²) < 4.78 is 39.7. The highest BCUT2D eigenvalue weighted by atomic mass is 32.2. The molecule has 1 fully saturated rings. The molecule has 3 aromatic rings.